The zero-order valence-corrected chi connectivity index (χ0v) is 13.5. The number of fused-ring (bicyclic) bond motifs is 1. The van der Waals surface area contributed by atoms with Crippen LogP contribution in [-0.2, 0) is 10.2 Å². The Morgan fingerprint density at radius 1 is 1.17 bits per heavy atom. The molecule has 0 saturated heterocycles. The second-order valence-electron chi connectivity index (χ2n) is 6.82. The lowest BCUT2D eigenvalue weighted by Crippen LogP contribution is -2.27. The Morgan fingerprint density at radius 2 is 1.96 bits per heavy atom. The smallest absolute Gasteiger partial charge is 0.235 e. The van der Waals surface area contributed by atoms with Crippen molar-refractivity contribution in [1.29, 1.82) is 0 Å². The van der Waals surface area contributed by atoms with Gasteiger partial charge >= 0.3 is 0 Å². The van der Waals surface area contributed by atoms with Crippen LogP contribution >= 0.6 is 0 Å². The van der Waals surface area contributed by atoms with E-state index in [0.29, 0.717) is 5.92 Å². The number of carbonyl (C=O) groups excluding carboxylic acids is 1. The number of amides is 1. The van der Waals surface area contributed by atoms with Gasteiger partial charge in [0.25, 0.3) is 0 Å². The molecule has 1 saturated carbocycles. The quantitative estimate of drug-likeness (QED) is 0.653. The zero-order valence-electron chi connectivity index (χ0n) is 13.5. The van der Waals surface area contributed by atoms with E-state index in [4.69, 9.17) is 0 Å². The highest BCUT2D eigenvalue weighted by Gasteiger charge is 2.51. The molecule has 1 heterocycles. The number of rotatable bonds is 3. The van der Waals surface area contributed by atoms with E-state index >= 15 is 0 Å². The normalized spacial score (nSPS) is 20.1. The van der Waals surface area contributed by atoms with Gasteiger partial charge in [-0.1, -0.05) is 19.1 Å². The third-order valence-corrected chi connectivity index (χ3v) is 5.15. The first-order valence-corrected chi connectivity index (χ1v) is 8.21. The molecule has 1 fully saturated rings. The molecule has 1 aliphatic heterocycles. The van der Waals surface area contributed by atoms with Gasteiger partial charge in [-0.05, 0) is 48.2 Å². The van der Waals surface area contributed by atoms with Crippen molar-refractivity contribution in [3.8, 4) is 11.5 Å². The van der Waals surface area contributed by atoms with Crippen LogP contribution in [0.4, 0.5) is 11.4 Å². The first kappa shape index (κ1) is 14.9. The third-order valence-electron chi connectivity index (χ3n) is 5.15. The molecule has 2 aromatic rings. The molecule has 24 heavy (non-hydrogen) atoms. The van der Waals surface area contributed by atoms with Gasteiger partial charge in [-0.25, -0.2) is 0 Å². The van der Waals surface area contributed by atoms with Crippen molar-refractivity contribution < 1.29 is 15.0 Å². The van der Waals surface area contributed by atoms with Crippen LogP contribution in [-0.4, -0.2) is 22.7 Å². The Kier molecular flexibility index (Phi) is 3.20. The summed E-state index contributed by atoms with van der Waals surface area (Å²) in [6, 6.07) is 10.6. The van der Waals surface area contributed by atoms with Gasteiger partial charge in [-0.3, -0.25) is 4.79 Å². The maximum atomic E-state index is 12.8. The summed E-state index contributed by atoms with van der Waals surface area (Å²) in [6.07, 6.45) is 1.48. The largest absolute Gasteiger partial charge is 0.504 e. The number of phenols is 2. The predicted octanol–water partition coefficient (Wildman–Crippen LogP) is 3.30. The monoisotopic (exact) mass is 324 g/mol. The van der Waals surface area contributed by atoms with E-state index in [-0.39, 0.29) is 17.4 Å². The summed E-state index contributed by atoms with van der Waals surface area (Å²) in [5.41, 5.74) is 3.26. The number of nitrogens with one attached hydrogen (secondary N) is 2. The highest BCUT2D eigenvalue weighted by Crippen LogP contribution is 2.50. The van der Waals surface area contributed by atoms with Crippen LogP contribution in [0.2, 0.25) is 0 Å². The highest BCUT2D eigenvalue weighted by molar-refractivity contribution is 6.01. The third kappa shape index (κ3) is 2.28. The molecule has 5 nitrogen and oxygen atoms in total. The summed E-state index contributed by atoms with van der Waals surface area (Å²) in [6.45, 7) is 3.09. The summed E-state index contributed by atoms with van der Waals surface area (Å²) in [7, 11) is 0. The van der Waals surface area contributed by atoms with Crippen LogP contribution in [0.1, 0.15) is 36.8 Å². The van der Waals surface area contributed by atoms with Crippen molar-refractivity contribution in [3.63, 3.8) is 0 Å². The molecule has 0 radical (unpaired) electrons. The Hall–Kier alpha value is -2.69. The number of hydrogen-bond acceptors (Lipinski definition) is 4. The molecule has 0 aromatic heterocycles. The van der Waals surface area contributed by atoms with E-state index in [1.165, 1.54) is 17.7 Å². The molecule has 1 unspecified atom stereocenters. The molecule has 124 valence electrons. The Labute approximate surface area is 140 Å². The van der Waals surface area contributed by atoms with E-state index in [0.717, 1.165) is 36.3 Å². The van der Waals surface area contributed by atoms with E-state index in [1.54, 1.807) is 6.07 Å². The lowest BCUT2D eigenvalue weighted by molar-refractivity contribution is -0.118. The standard InChI is InChI=1S/C19H20N2O3/c1-11-10-20-15-9-13(3-4-14(11)15)21-18(24)19(6-7-19)12-2-5-16(22)17(23)8-12/h2-5,8-9,11,20,22-23H,6-7,10H2,1H3,(H,21,24). The van der Waals surface area contributed by atoms with Gasteiger partial charge in [0.05, 0.1) is 5.41 Å². The van der Waals surface area contributed by atoms with Crippen molar-refractivity contribution in [2.45, 2.75) is 31.1 Å². The van der Waals surface area contributed by atoms with Crippen LogP contribution < -0.4 is 10.6 Å². The average molecular weight is 324 g/mol. The van der Waals surface area contributed by atoms with Crippen molar-refractivity contribution in [1.82, 2.24) is 0 Å². The van der Waals surface area contributed by atoms with Crippen LogP contribution in [0, 0.1) is 0 Å². The lowest BCUT2D eigenvalue weighted by Gasteiger charge is -2.17. The molecule has 4 N–H and O–H groups in total. The molecule has 1 amide bonds. The fourth-order valence-corrected chi connectivity index (χ4v) is 3.43. The molecule has 1 aliphatic carbocycles. The second kappa shape index (κ2) is 5.16. The van der Waals surface area contributed by atoms with Crippen molar-refractivity contribution in [3.05, 3.63) is 47.5 Å². The summed E-state index contributed by atoms with van der Waals surface area (Å²) >= 11 is 0. The number of carbonyl (C=O) groups is 1. The van der Waals surface area contributed by atoms with Crippen molar-refractivity contribution in [2.75, 3.05) is 17.2 Å². The summed E-state index contributed by atoms with van der Waals surface area (Å²) in [5.74, 6) is 0.0501. The molecule has 1 atom stereocenters. The van der Waals surface area contributed by atoms with E-state index in [2.05, 4.69) is 23.6 Å². The highest BCUT2D eigenvalue weighted by atomic mass is 16.3. The summed E-state index contributed by atoms with van der Waals surface area (Å²) in [5, 5.41) is 25.5. The second-order valence-corrected chi connectivity index (χ2v) is 6.82. The van der Waals surface area contributed by atoms with E-state index in [9.17, 15) is 15.0 Å². The van der Waals surface area contributed by atoms with Gasteiger partial charge in [-0.2, -0.15) is 0 Å². The molecule has 4 rings (SSSR count). The minimum atomic E-state index is -0.606. The van der Waals surface area contributed by atoms with E-state index < -0.39 is 5.41 Å². The fraction of sp³-hybridized carbons (Fsp3) is 0.316. The fourth-order valence-electron chi connectivity index (χ4n) is 3.43. The van der Waals surface area contributed by atoms with Gasteiger partial charge in [0.2, 0.25) is 5.91 Å². The number of benzene rings is 2. The van der Waals surface area contributed by atoms with Crippen molar-refractivity contribution in [2.24, 2.45) is 0 Å². The number of aromatic hydroxyl groups is 2. The van der Waals surface area contributed by atoms with Crippen LogP contribution in [0.15, 0.2) is 36.4 Å². The Bertz CT molecular complexity index is 827. The molecular weight excluding hydrogens is 304 g/mol. The zero-order chi connectivity index (χ0) is 16.9. The average Bonchev–Trinajstić information content (AvgIpc) is 3.30. The molecule has 2 aliphatic rings. The minimum absolute atomic E-state index is 0.0708. The molecule has 0 spiro atoms. The van der Waals surface area contributed by atoms with E-state index in [1.807, 2.05) is 12.1 Å². The molecule has 0 bridgehead atoms. The number of phenolic OH excluding ortho intramolecular Hbond substituents is 2. The van der Waals surface area contributed by atoms with Crippen LogP contribution in [0.5, 0.6) is 11.5 Å². The van der Waals surface area contributed by atoms with Gasteiger partial charge < -0.3 is 20.8 Å². The summed E-state index contributed by atoms with van der Waals surface area (Å²) in [4.78, 5) is 12.8. The van der Waals surface area contributed by atoms with Crippen LogP contribution in [0.25, 0.3) is 0 Å². The summed E-state index contributed by atoms with van der Waals surface area (Å²) < 4.78 is 0. The van der Waals surface area contributed by atoms with Gasteiger partial charge in [0, 0.05) is 23.8 Å². The molecular formula is C19H20N2O3. The van der Waals surface area contributed by atoms with Gasteiger partial charge in [0.15, 0.2) is 11.5 Å². The topological polar surface area (TPSA) is 81.6 Å². The lowest BCUT2D eigenvalue weighted by atomic mass is 9.94. The maximum absolute atomic E-state index is 12.8. The first-order valence-electron chi connectivity index (χ1n) is 8.21. The van der Waals surface area contributed by atoms with Crippen molar-refractivity contribution >= 4 is 17.3 Å². The number of hydrogen-bond donors (Lipinski definition) is 4. The molecule has 2 aromatic carbocycles. The Morgan fingerprint density at radius 3 is 2.67 bits per heavy atom. The van der Waals surface area contributed by atoms with Crippen LogP contribution in [0.3, 0.4) is 0 Å². The maximum Gasteiger partial charge on any atom is 0.235 e. The Balaban J connectivity index is 1.57. The predicted molar refractivity (Wildman–Crippen MR) is 92.7 cm³/mol. The van der Waals surface area contributed by atoms with Gasteiger partial charge in [-0.15, -0.1) is 0 Å². The SMILES string of the molecule is CC1CNc2cc(NC(=O)C3(c4ccc(O)c(O)c4)CC3)ccc21. The molecule has 5 heteroatoms. The minimum Gasteiger partial charge on any atom is -0.504 e. The number of anilines is 2. The van der Waals surface area contributed by atoms with Gasteiger partial charge in [0.1, 0.15) is 0 Å². The first-order chi connectivity index (χ1) is 11.5.